The Morgan fingerprint density at radius 1 is 0.917 bits per heavy atom. The van der Waals surface area contributed by atoms with Crippen LogP contribution in [-0.4, -0.2) is 9.97 Å². The molecule has 0 amide bonds. The lowest BCUT2D eigenvalue weighted by molar-refractivity contribution is 1.06. The van der Waals surface area contributed by atoms with Gasteiger partial charge in [0.25, 0.3) is 0 Å². The molecule has 0 saturated carbocycles. The van der Waals surface area contributed by atoms with Crippen molar-refractivity contribution in [1.29, 1.82) is 0 Å². The van der Waals surface area contributed by atoms with Crippen molar-refractivity contribution in [3.8, 4) is 0 Å². The third-order valence-electron chi connectivity index (χ3n) is 3.24. The largest absolute Gasteiger partial charge is 0.350 e. The highest BCUT2D eigenvalue weighted by Crippen LogP contribution is 2.28. The Hall–Kier alpha value is -2.01. The minimum atomic E-state index is 0.484. The smallest absolute Gasteiger partial charge is 0.224 e. The van der Waals surface area contributed by atoms with E-state index in [4.69, 9.17) is 34.8 Å². The van der Waals surface area contributed by atoms with Gasteiger partial charge in [0.05, 0.1) is 10.7 Å². The van der Waals surface area contributed by atoms with Gasteiger partial charge in [-0.1, -0.05) is 53.0 Å². The standard InChI is InChI=1S/C17H13Cl3N4/c18-12-5-6-14(20)15(9-12)23-16-7-8-21-17(24-16)22-10-11-3-1-2-4-13(11)19/h1-9H,10H2,(H2,21,22,23,24). The van der Waals surface area contributed by atoms with Gasteiger partial charge in [-0.3, -0.25) is 0 Å². The van der Waals surface area contributed by atoms with Crippen LogP contribution in [0.25, 0.3) is 0 Å². The van der Waals surface area contributed by atoms with Gasteiger partial charge in [0.15, 0.2) is 0 Å². The summed E-state index contributed by atoms with van der Waals surface area (Å²) in [5.41, 5.74) is 1.65. The molecule has 3 rings (SSSR count). The van der Waals surface area contributed by atoms with Gasteiger partial charge in [-0.25, -0.2) is 4.98 Å². The zero-order valence-electron chi connectivity index (χ0n) is 12.4. The minimum absolute atomic E-state index is 0.484. The van der Waals surface area contributed by atoms with Gasteiger partial charge in [0, 0.05) is 22.8 Å². The van der Waals surface area contributed by atoms with Gasteiger partial charge in [-0.15, -0.1) is 0 Å². The van der Waals surface area contributed by atoms with Crippen molar-refractivity contribution in [2.75, 3.05) is 10.6 Å². The second-order valence-corrected chi connectivity index (χ2v) is 6.21. The van der Waals surface area contributed by atoms with Crippen LogP contribution in [0.5, 0.6) is 0 Å². The fourth-order valence-electron chi connectivity index (χ4n) is 2.06. The number of nitrogens with zero attached hydrogens (tertiary/aromatic N) is 2. The molecule has 7 heteroatoms. The van der Waals surface area contributed by atoms with E-state index in [1.165, 1.54) is 0 Å². The van der Waals surface area contributed by atoms with E-state index in [2.05, 4.69) is 20.6 Å². The van der Waals surface area contributed by atoms with Gasteiger partial charge in [0.1, 0.15) is 5.82 Å². The van der Waals surface area contributed by atoms with Crippen molar-refractivity contribution < 1.29 is 0 Å². The lowest BCUT2D eigenvalue weighted by atomic mass is 10.2. The average Bonchev–Trinajstić information content (AvgIpc) is 2.58. The maximum absolute atomic E-state index is 6.15. The van der Waals surface area contributed by atoms with Crippen LogP contribution in [-0.2, 0) is 6.54 Å². The highest BCUT2D eigenvalue weighted by atomic mass is 35.5. The molecule has 0 atom stereocenters. The number of halogens is 3. The van der Waals surface area contributed by atoms with Crippen LogP contribution in [0.3, 0.4) is 0 Å². The molecule has 4 nitrogen and oxygen atoms in total. The molecule has 0 spiro atoms. The maximum atomic E-state index is 6.15. The Labute approximate surface area is 154 Å². The van der Waals surface area contributed by atoms with E-state index in [9.17, 15) is 0 Å². The molecule has 1 aromatic heterocycles. The molecule has 0 bridgehead atoms. The van der Waals surface area contributed by atoms with Crippen LogP contribution >= 0.6 is 34.8 Å². The lowest BCUT2D eigenvalue weighted by Crippen LogP contribution is -2.05. The van der Waals surface area contributed by atoms with Gasteiger partial charge in [-0.05, 0) is 35.9 Å². The predicted molar refractivity (Wildman–Crippen MR) is 101 cm³/mol. The normalized spacial score (nSPS) is 10.5. The molecule has 0 aliphatic heterocycles. The summed E-state index contributed by atoms with van der Waals surface area (Å²) in [6.45, 7) is 0.529. The molecule has 24 heavy (non-hydrogen) atoms. The van der Waals surface area contributed by atoms with Crippen molar-refractivity contribution in [3.05, 3.63) is 75.4 Å². The Morgan fingerprint density at radius 2 is 1.75 bits per heavy atom. The quantitative estimate of drug-likeness (QED) is 0.589. The summed E-state index contributed by atoms with van der Waals surface area (Å²) < 4.78 is 0. The first-order valence-electron chi connectivity index (χ1n) is 7.14. The molecule has 2 aromatic carbocycles. The molecule has 2 N–H and O–H groups in total. The van der Waals surface area contributed by atoms with Gasteiger partial charge >= 0.3 is 0 Å². The zero-order chi connectivity index (χ0) is 16.9. The minimum Gasteiger partial charge on any atom is -0.350 e. The molecule has 0 aliphatic rings. The zero-order valence-corrected chi connectivity index (χ0v) is 14.7. The van der Waals surface area contributed by atoms with E-state index < -0.39 is 0 Å². The molecule has 122 valence electrons. The molecule has 0 fully saturated rings. The summed E-state index contributed by atoms with van der Waals surface area (Å²) in [4.78, 5) is 8.61. The maximum Gasteiger partial charge on any atom is 0.224 e. The van der Waals surface area contributed by atoms with Crippen molar-refractivity contribution in [3.63, 3.8) is 0 Å². The number of anilines is 3. The third-order valence-corrected chi connectivity index (χ3v) is 4.17. The van der Waals surface area contributed by atoms with Crippen molar-refractivity contribution in [1.82, 2.24) is 9.97 Å². The third kappa shape index (κ3) is 4.29. The first-order valence-corrected chi connectivity index (χ1v) is 8.27. The van der Waals surface area contributed by atoms with Crippen molar-refractivity contribution >= 4 is 52.3 Å². The van der Waals surface area contributed by atoms with Crippen LogP contribution in [0, 0.1) is 0 Å². The highest BCUT2D eigenvalue weighted by molar-refractivity contribution is 6.35. The van der Waals surface area contributed by atoms with E-state index in [-0.39, 0.29) is 0 Å². The molecule has 0 unspecified atom stereocenters. The molecule has 3 aromatic rings. The topological polar surface area (TPSA) is 49.8 Å². The number of benzene rings is 2. The summed E-state index contributed by atoms with van der Waals surface area (Å²) >= 11 is 18.3. The fourth-order valence-corrected chi connectivity index (χ4v) is 2.60. The Balaban J connectivity index is 1.72. The predicted octanol–water partition coefficient (Wildman–Crippen LogP) is 5.79. The second kappa shape index (κ2) is 7.71. The molecule has 0 saturated heterocycles. The van der Waals surface area contributed by atoms with E-state index in [0.29, 0.717) is 39.1 Å². The first kappa shape index (κ1) is 16.8. The molecule has 1 heterocycles. The number of rotatable bonds is 5. The Bertz CT molecular complexity index is 855. The van der Waals surface area contributed by atoms with Crippen LogP contribution in [0.2, 0.25) is 15.1 Å². The molecular formula is C17H13Cl3N4. The Morgan fingerprint density at radius 3 is 2.58 bits per heavy atom. The molecular weight excluding hydrogens is 367 g/mol. The fraction of sp³-hybridized carbons (Fsp3) is 0.0588. The van der Waals surface area contributed by atoms with E-state index in [1.807, 2.05) is 24.3 Å². The summed E-state index contributed by atoms with van der Waals surface area (Å²) in [6, 6.07) is 14.6. The van der Waals surface area contributed by atoms with Crippen molar-refractivity contribution in [2.24, 2.45) is 0 Å². The monoisotopic (exact) mass is 378 g/mol. The van der Waals surface area contributed by atoms with Crippen LogP contribution in [0.4, 0.5) is 17.5 Å². The van der Waals surface area contributed by atoms with E-state index >= 15 is 0 Å². The summed E-state index contributed by atoms with van der Waals surface area (Å²) in [7, 11) is 0. The SMILES string of the molecule is Clc1ccc(Cl)c(Nc2ccnc(NCc3ccccc3Cl)n2)c1. The van der Waals surface area contributed by atoms with Gasteiger partial charge in [0.2, 0.25) is 5.95 Å². The van der Waals surface area contributed by atoms with E-state index in [1.54, 1.807) is 30.5 Å². The number of hydrogen-bond acceptors (Lipinski definition) is 4. The van der Waals surface area contributed by atoms with Crippen LogP contribution < -0.4 is 10.6 Å². The van der Waals surface area contributed by atoms with Gasteiger partial charge < -0.3 is 10.6 Å². The number of nitrogens with one attached hydrogen (secondary N) is 2. The summed E-state index contributed by atoms with van der Waals surface area (Å²) in [6.07, 6.45) is 1.66. The average molecular weight is 380 g/mol. The van der Waals surface area contributed by atoms with Crippen LogP contribution in [0.1, 0.15) is 5.56 Å². The Kier molecular flexibility index (Phi) is 5.41. The van der Waals surface area contributed by atoms with Crippen LogP contribution in [0.15, 0.2) is 54.7 Å². The lowest BCUT2D eigenvalue weighted by Gasteiger charge is -2.10. The van der Waals surface area contributed by atoms with Crippen molar-refractivity contribution in [2.45, 2.75) is 6.54 Å². The summed E-state index contributed by atoms with van der Waals surface area (Å²) in [5, 5.41) is 8.13. The second-order valence-electron chi connectivity index (χ2n) is 4.96. The number of aromatic nitrogens is 2. The van der Waals surface area contributed by atoms with E-state index in [0.717, 1.165) is 5.56 Å². The molecule has 0 aliphatic carbocycles. The first-order chi connectivity index (χ1) is 11.6. The molecule has 0 radical (unpaired) electrons. The number of hydrogen-bond donors (Lipinski definition) is 2. The highest BCUT2D eigenvalue weighted by Gasteiger charge is 2.05. The summed E-state index contributed by atoms with van der Waals surface area (Å²) in [5.74, 6) is 1.09. The van der Waals surface area contributed by atoms with Gasteiger partial charge in [-0.2, -0.15) is 4.98 Å².